The summed E-state index contributed by atoms with van der Waals surface area (Å²) >= 11 is 0. The third-order valence-electron chi connectivity index (χ3n) is 8.22. The molecule has 0 amide bonds. The summed E-state index contributed by atoms with van der Waals surface area (Å²) in [6.45, 7) is 9.11. The van der Waals surface area contributed by atoms with Crippen molar-refractivity contribution in [3.05, 3.63) is 112 Å². The predicted octanol–water partition coefficient (Wildman–Crippen LogP) is 7.73. The van der Waals surface area contributed by atoms with Crippen LogP contribution in [0.15, 0.2) is 72.8 Å². The average Bonchev–Trinajstić information content (AvgIpc) is 3.05. The molecule has 4 aromatic rings. The van der Waals surface area contributed by atoms with E-state index in [-0.39, 0.29) is 6.61 Å². The second-order valence-electron chi connectivity index (χ2n) is 11.4. The summed E-state index contributed by atoms with van der Waals surface area (Å²) in [5, 5.41) is 0. The standard InChI is InChI=1S/C37H40O7/c1-24-25(2)34-30(26(3)33(24)41-21-27-13-9-7-10-14-27)17-18-37(4,44-34)23-43-36(38)29-19-31(39-5)35(32(20-29)40-6)42-22-28-15-11-8-12-16-28/h7-16,19-20H,17-18,21-23H2,1-6H3. The Kier molecular flexibility index (Phi) is 9.33. The highest BCUT2D eigenvalue weighted by molar-refractivity contribution is 5.91. The minimum atomic E-state index is -0.689. The monoisotopic (exact) mass is 596 g/mol. The van der Waals surface area contributed by atoms with Gasteiger partial charge in [-0.2, -0.15) is 0 Å². The Hall–Kier alpha value is -4.65. The van der Waals surface area contributed by atoms with Crippen LogP contribution >= 0.6 is 0 Å². The molecule has 1 heterocycles. The molecule has 1 aliphatic rings. The summed E-state index contributed by atoms with van der Waals surface area (Å²) in [6.07, 6.45) is 1.47. The second-order valence-corrected chi connectivity index (χ2v) is 11.4. The SMILES string of the molecule is COc1cc(C(=O)OCC2(C)CCc3c(C)c(OCc4ccccc4)c(C)c(C)c3O2)cc(OC)c1OCc1ccccc1. The molecule has 4 aromatic carbocycles. The molecule has 0 radical (unpaired) electrons. The van der Waals surface area contributed by atoms with E-state index < -0.39 is 11.6 Å². The molecule has 0 spiro atoms. The molecule has 1 aliphatic heterocycles. The Bertz CT molecular complexity index is 1590. The molecule has 0 bridgehead atoms. The summed E-state index contributed by atoms with van der Waals surface area (Å²) in [5.74, 6) is 2.44. The molecule has 0 fully saturated rings. The summed E-state index contributed by atoms with van der Waals surface area (Å²) in [4.78, 5) is 13.3. The highest BCUT2D eigenvalue weighted by Gasteiger charge is 2.36. The predicted molar refractivity (Wildman–Crippen MR) is 169 cm³/mol. The molecular weight excluding hydrogens is 556 g/mol. The number of hydrogen-bond acceptors (Lipinski definition) is 7. The molecule has 1 atom stereocenters. The van der Waals surface area contributed by atoms with E-state index in [0.29, 0.717) is 42.4 Å². The molecule has 230 valence electrons. The lowest BCUT2D eigenvalue weighted by molar-refractivity contribution is -0.0165. The summed E-state index contributed by atoms with van der Waals surface area (Å²) in [7, 11) is 3.05. The maximum Gasteiger partial charge on any atom is 0.338 e. The van der Waals surface area contributed by atoms with Gasteiger partial charge < -0.3 is 28.4 Å². The smallest absolute Gasteiger partial charge is 0.338 e. The van der Waals surface area contributed by atoms with Crippen LogP contribution in [-0.2, 0) is 24.4 Å². The number of hydrogen-bond donors (Lipinski definition) is 0. The van der Waals surface area contributed by atoms with Gasteiger partial charge in [0.15, 0.2) is 11.5 Å². The Labute approximate surface area is 259 Å². The Morgan fingerprint density at radius 3 is 1.86 bits per heavy atom. The number of esters is 1. The van der Waals surface area contributed by atoms with Gasteiger partial charge in [-0.3, -0.25) is 0 Å². The topological polar surface area (TPSA) is 72.5 Å². The van der Waals surface area contributed by atoms with Crippen LogP contribution in [0.3, 0.4) is 0 Å². The maximum absolute atomic E-state index is 13.3. The molecule has 0 saturated carbocycles. The summed E-state index contributed by atoms with van der Waals surface area (Å²) in [6, 6.07) is 23.2. The van der Waals surface area contributed by atoms with Crippen molar-refractivity contribution in [2.45, 2.75) is 59.4 Å². The fourth-order valence-electron chi connectivity index (χ4n) is 5.50. The van der Waals surface area contributed by atoms with E-state index >= 15 is 0 Å². The Balaban J connectivity index is 1.28. The zero-order valence-corrected chi connectivity index (χ0v) is 26.3. The van der Waals surface area contributed by atoms with Crippen molar-refractivity contribution in [2.75, 3.05) is 20.8 Å². The van der Waals surface area contributed by atoms with Crippen LogP contribution in [0.4, 0.5) is 0 Å². The van der Waals surface area contributed by atoms with E-state index in [0.717, 1.165) is 51.3 Å². The van der Waals surface area contributed by atoms with Gasteiger partial charge in [0.25, 0.3) is 0 Å². The zero-order chi connectivity index (χ0) is 31.3. The van der Waals surface area contributed by atoms with Crippen molar-refractivity contribution in [1.82, 2.24) is 0 Å². The molecule has 0 aromatic heterocycles. The van der Waals surface area contributed by atoms with Gasteiger partial charge in [-0.25, -0.2) is 4.79 Å². The number of carbonyl (C=O) groups excluding carboxylic acids is 1. The largest absolute Gasteiger partial charge is 0.493 e. The number of rotatable bonds is 11. The lowest BCUT2D eigenvalue weighted by atomic mass is 9.87. The first-order valence-corrected chi connectivity index (χ1v) is 14.8. The van der Waals surface area contributed by atoms with E-state index in [1.54, 1.807) is 12.1 Å². The number of benzene rings is 4. The second kappa shape index (κ2) is 13.3. The normalized spacial score (nSPS) is 15.5. The third kappa shape index (κ3) is 6.62. The first-order valence-electron chi connectivity index (χ1n) is 14.8. The average molecular weight is 597 g/mol. The number of carbonyl (C=O) groups is 1. The van der Waals surface area contributed by atoms with Gasteiger partial charge in [0.2, 0.25) is 5.75 Å². The molecule has 7 nitrogen and oxygen atoms in total. The molecule has 0 saturated heterocycles. The van der Waals surface area contributed by atoms with Crippen molar-refractivity contribution in [3.63, 3.8) is 0 Å². The van der Waals surface area contributed by atoms with Gasteiger partial charge in [0, 0.05) is 5.56 Å². The maximum atomic E-state index is 13.3. The molecule has 44 heavy (non-hydrogen) atoms. The van der Waals surface area contributed by atoms with Gasteiger partial charge in [0.1, 0.15) is 36.9 Å². The zero-order valence-electron chi connectivity index (χ0n) is 26.3. The minimum absolute atomic E-state index is 0.0892. The van der Waals surface area contributed by atoms with Crippen molar-refractivity contribution in [2.24, 2.45) is 0 Å². The van der Waals surface area contributed by atoms with Crippen LogP contribution in [0, 0.1) is 20.8 Å². The van der Waals surface area contributed by atoms with Gasteiger partial charge in [0.05, 0.1) is 19.8 Å². The lowest BCUT2D eigenvalue weighted by Crippen LogP contribution is -2.42. The van der Waals surface area contributed by atoms with E-state index in [1.807, 2.05) is 55.5 Å². The quantitative estimate of drug-likeness (QED) is 0.164. The van der Waals surface area contributed by atoms with Crippen LogP contribution in [0.1, 0.15) is 57.1 Å². The van der Waals surface area contributed by atoms with Gasteiger partial charge >= 0.3 is 5.97 Å². The molecule has 7 heteroatoms. The first kappa shape index (κ1) is 30.8. The summed E-state index contributed by atoms with van der Waals surface area (Å²) < 4.78 is 35.9. The molecule has 5 rings (SSSR count). The molecule has 0 N–H and O–H groups in total. The highest BCUT2D eigenvalue weighted by atomic mass is 16.6. The number of fused-ring (bicyclic) bond motifs is 1. The van der Waals surface area contributed by atoms with Crippen LogP contribution in [-0.4, -0.2) is 32.4 Å². The van der Waals surface area contributed by atoms with Crippen LogP contribution in [0.25, 0.3) is 0 Å². The van der Waals surface area contributed by atoms with E-state index in [4.69, 9.17) is 28.4 Å². The van der Waals surface area contributed by atoms with Crippen LogP contribution in [0.2, 0.25) is 0 Å². The van der Waals surface area contributed by atoms with Crippen LogP contribution in [0.5, 0.6) is 28.7 Å². The van der Waals surface area contributed by atoms with Crippen molar-refractivity contribution >= 4 is 5.97 Å². The van der Waals surface area contributed by atoms with Gasteiger partial charge in [-0.15, -0.1) is 0 Å². The first-order chi connectivity index (χ1) is 21.2. The minimum Gasteiger partial charge on any atom is -0.493 e. The van der Waals surface area contributed by atoms with Crippen LogP contribution < -0.4 is 23.7 Å². The van der Waals surface area contributed by atoms with Gasteiger partial charge in [-0.05, 0) is 80.5 Å². The summed E-state index contributed by atoms with van der Waals surface area (Å²) in [5.41, 5.74) is 6.04. The molecular formula is C37H40O7. The van der Waals surface area contributed by atoms with Crippen molar-refractivity contribution < 1.29 is 33.2 Å². The van der Waals surface area contributed by atoms with E-state index in [1.165, 1.54) is 14.2 Å². The van der Waals surface area contributed by atoms with Crippen molar-refractivity contribution in [1.29, 1.82) is 0 Å². The number of ether oxygens (including phenoxy) is 6. The Morgan fingerprint density at radius 1 is 0.773 bits per heavy atom. The fourth-order valence-corrected chi connectivity index (χ4v) is 5.50. The highest BCUT2D eigenvalue weighted by Crippen LogP contribution is 2.44. The number of methoxy groups -OCH3 is 2. The Morgan fingerprint density at radius 2 is 1.32 bits per heavy atom. The van der Waals surface area contributed by atoms with Gasteiger partial charge in [-0.1, -0.05) is 60.7 Å². The molecule has 1 unspecified atom stereocenters. The third-order valence-corrected chi connectivity index (χ3v) is 8.22. The molecule has 0 aliphatic carbocycles. The lowest BCUT2D eigenvalue weighted by Gasteiger charge is -2.37. The fraction of sp³-hybridized carbons (Fsp3) is 0.324. The van der Waals surface area contributed by atoms with E-state index in [2.05, 4.69) is 32.9 Å². The van der Waals surface area contributed by atoms with E-state index in [9.17, 15) is 4.79 Å². The van der Waals surface area contributed by atoms with Crippen molar-refractivity contribution in [3.8, 4) is 28.7 Å².